The largest absolute Gasteiger partial charge is 0.373 e. The van der Waals surface area contributed by atoms with Gasteiger partial charge in [-0.15, -0.1) is 11.6 Å². The summed E-state index contributed by atoms with van der Waals surface area (Å²) in [6, 6.07) is 8.33. The third-order valence-electron chi connectivity index (χ3n) is 4.56. The predicted molar refractivity (Wildman–Crippen MR) is 77.9 cm³/mol. The van der Waals surface area contributed by atoms with E-state index in [1.807, 2.05) is 6.07 Å². The second kappa shape index (κ2) is 5.15. The van der Waals surface area contributed by atoms with Gasteiger partial charge in [0.15, 0.2) is 0 Å². The van der Waals surface area contributed by atoms with Crippen molar-refractivity contribution in [3.8, 4) is 0 Å². The molecule has 0 aromatic heterocycles. The lowest BCUT2D eigenvalue weighted by atomic mass is 9.64. The molecule has 3 heteroatoms. The van der Waals surface area contributed by atoms with Gasteiger partial charge in [0.2, 0.25) is 0 Å². The molecule has 2 aliphatic rings. The number of alkyl halides is 1. The maximum atomic E-state index is 6.43. The summed E-state index contributed by atoms with van der Waals surface area (Å²) < 4.78 is 7.24. The van der Waals surface area contributed by atoms with E-state index in [9.17, 15) is 0 Å². The third kappa shape index (κ3) is 2.23. The molecule has 0 aliphatic heterocycles. The molecule has 0 heterocycles. The Bertz CT molecular complexity index is 428. The summed E-state index contributed by atoms with van der Waals surface area (Å²) >= 11 is 9.92. The third-order valence-corrected chi connectivity index (χ3v) is 5.67. The lowest BCUT2D eigenvalue weighted by Crippen LogP contribution is -2.54. The fraction of sp³-hybridized carbons (Fsp3) is 0.600. The zero-order valence-electron chi connectivity index (χ0n) is 10.4. The molecule has 3 rings (SSSR count). The van der Waals surface area contributed by atoms with Gasteiger partial charge in [0.05, 0.1) is 12.7 Å². The number of hydrogen-bond donors (Lipinski definition) is 0. The van der Waals surface area contributed by atoms with E-state index in [4.69, 9.17) is 16.3 Å². The molecule has 18 heavy (non-hydrogen) atoms. The number of ether oxygens (including phenoxy) is 1. The standard InChI is InChI=1S/C15H18BrClO/c16-12-5-3-4-11(8-12)10-18-14-9-13(17)15(14)6-1-2-7-15/h3-5,8,13-14H,1-2,6-7,9-10H2. The van der Waals surface area contributed by atoms with Crippen LogP contribution in [0.25, 0.3) is 0 Å². The lowest BCUT2D eigenvalue weighted by Gasteiger charge is -2.51. The zero-order valence-corrected chi connectivity index (χ0v) is 12.7. The average molecular weight is 330 g/mol. The average Bonchev–Trinajstić information content (AvgIpc) is 2.86. The highest BCUT2D eigenvalue weighted by Gasteiger charge is 2.55. The molecule has 1 spiro atoms. The van der Waals surface area contributed by atoms with E-state index in [0.29, 0.717) is 23.5 Å². The SMILES string of the molecule is ClC1CC(OCc2cccc(Br)c2)C12CCCC2. The minimum atomic E-state index is 0.299. The van der Waals surface area contributed by atoms with Gasteiger partial charge in [0.25, 0.3) is 0 Å². The molecule has 1 nitrogen and oxygen atoms in total. The van der Waals surface area contributed by atoms with Gasteiger partial charge in [-0.2, -0.15) is 0 Å². The van der Waals surface area contributed by atoms with Crippen LogP contribution >= 0.6 is 27.5 Å². The normalized spacial score (nSPS) is 29.4. The summed E-state index contributed by atoms with van der Waals surface area (Å²) in [5.74, 6) is 0. The number of halogens is 2. The Labute approximate surface area is 122 Å². The van der Waals surface area contributed by atoms with Crippen molar-refractivity contribution in [1.82, 2.24) is 0 Å². The fourth-order valence-corrected chi connectivity index (χ4v) is 4.39. The summed E-state index contributed by atoms with van der Waals surface area (Å²) in [7, 11) is 0. The first kappa shape index (κ1) is 13.0. The first-order chi connectivity index (χ1) is 8.71. The minimum absolute atomic E-state index is 0.299. The van der Waals surface area contributed by atoms with Gasteiger partial charge >= 0.3 is 0 Å². The van der Waals surface area contributed by atoms with E-state index in [1.54, 1.807) is 0 Å². The first-order valence-electron chi connectivity index (χ1n) is 6.71. The summed E-state index contributed by atoms with van der Waals surface area (Å²) in [5.41, 5.74) is 1.53. The highest BCUT2D eigenvalue weighted by Crippen LogP contribution is 2.57. The number of hydrogen-bond acceptors (Lipinski definition) is 1. The van der Waals surface area contributed by atoms with Gasteiger partial charge in [-0.3, -0.25) is 0 Å². The van der Waals surface area contributed by atoms with Crippen LogP contribution in [0.5, 0.6) is 0 Å². The lowest BCUT2D eigenvalue weighted by molar-refractivity contribution is -0.112. The topological polar surface area (TPSA) is 9.23 Å². The molecule has 2 fully saturated rings. The Morgan fingerprint density at radius 3 is 2.78 bits per heavy atom. The van der Waals surface area contributed by atoms with Crippen LogP contribution in [0.15, 0.2) is 28.7 Å². The molecule has 2 aliphatic carbocycles. The second-order valence-electron chi connectivity index (χ2n) is 5.57. The summed E-state index contributed by atoms with van der Waals surface area (Å²) in [6.45, 7) is 0.704. The maximum Gasteiger partial charge on any atom is 0.0721 e. The monoisotopic (exact) mass is 328 g/mol. The van der Waals surface area contributed by atoms with Crippen LogP contribution < -0.4 is 0 Å². The van der Waals surface area contributed by atoms with Crippen molar-refractivity contribution < 1.29 is 4.74 Å². The Kier molecular flexibility index (Phi) is 3.70. The van der Waals surface area contributed by atoms with Crippen molar-refractivity contribution in [1.29, 1.82) is 0 Å². The predicted octanol–water partition coefficient (Wildman–Crippen LogP) is 4.91. The molecular formula is C15H18BrClO. The van der Waals surface area contributed by atoms with Gasteiger partial charge in [-0.1, -0.05) is 40.9 Å². The first-order valence-corrected chi connectivity index (χ1v) is 7.94. The Balaban J connectivity index is 1.61. The molecule has 2 saturated carbocycles. The molecule has 0 N–H and O–H groups in total. The van der Waals surface area contributed by atoms with Crippen molar-refractivity contribution in [2.75, 3.05) is 0 Å². The molecule has 2 unspecified atom stereocenters. The van der Waals surface area contributed by atoms with Crippen LogP contribution in [-0.4, -0.2) is 11.5 Å². The molecule has 98 valence electrons. The highest BCUT2D eigenvalue weighted by atomic mass is 79.9. The summed E-state index contributed by atoms with van der Waals surface area (Å²) in [4.78, 5) is 0. The molecule has 2 atom stereocenters. The van der Waals surface area contributed by atoms with Crippen molar-refractivity contribution in [3.05, 3.63) is 34.3 Å². The van der Waals surface area contributed by atoms with E-state index < -0.39 is 0 Å². The fourth-order valence-electron chi connectivity index (χ4n) is 3.42. The summed E-state index contributed by atoms with van der Waals surface area (Å²) in [6.07, 6.45) is 6.55. The Morgan fingerprint density at radius 2 is 2.11 bits per heavy atom. The van der Waals surface area contributed by atoms with Crippen LogP contribution in [0, 0.1) is 5.41 Å². The van der Waals surface area contributed by atoms with Crippen molar-refractivity contribution in [2.24, 2.45) is 5.41 Å². The van der Waals surface area contributed by atoms with Crippen molar-refractivity contribution >= 4 is 27.5 Å². The van der Waals surface area contributed by atoms with Crippen LogP contribution in [0.4, 0.5) is 0 Å². The molecule has 0 saturated heterocycles. The van der Waals surface area contributed by atoms with Crippen LogP contribution in [-0.2, 0) is 11.3 Å². The van der Waals surface area contributed by atoms with Crippen LogP contribution in [0.1, 0.15) is 37.7 Å². The van der Waals surface area contributed by atoms with Crippen molar-refractivity contribution in [2.45, 2.75) is 50.2 Å². The van der Waals surface area contributed by atoms with Crippen molar-refractivity contribution in [3.63, 3.8) is 0 Å². The molecule has 0 amide bonds. The van der Waals surface area contributed by atoms with Gasteiger partial charge in [0.1, 0.15) is 0 Å². The molecule has 1 aromatic rings. The van der Waals surface area contributed by atoms with E-state index in [-0.39, 0.29) is 0 Å². The maximum absolute atomic E-state index is 6.43. The van der Waals surface area contributed by atoms with Crippen LogP contribution in [0.3, 0.4) is 0 Å². The Morgan fingerprint density at radius 1 is 1.33 bits per heavy atom. The summed E-state index contributed by atoms with van der Waals surface area (Å²) in [5, 5.41) is 0.340. The van der Waals surface area contributed by atoms with E-state index >= 15 is 0 Å². The molecular weight excluding hydrogens is 312 g/mol. The van der Waals surface area contributed by atoms with Gasteiger partial charge in [0, 0.05) is 15.3 Å². The number of rotatable bonds is 3. The van der Waals surface area contributed by atoms with E-state index in [0.717, 1.165) is 10.9 Å². The molecule has 0 bridgehead atoms. The highest BCUT2D eigenvalue weighted by molar-refractivity contribution is 9.10. The smallest absolute Gasteiger partial charge is 0.0721 e. The van der Waals surface area contributed by atoms with E-state index in [1.165, 1.54) is 31.2 Å². The van der Waals surface area contributed by atoms with Gasteiger partial charge in [-0.05, 0) is 37.0 Å². The van der Waals surface area contributed by atoms with Gasteiger partial charge < -0.3 is 4.74 Å². The Hall–Kier alpha value is -0.0500. The molecule has 0 radical (unpaired) electrons. The number of benzene rings is 1. The minimum Gasteiger partial charge on any atom is -0.373 e. The second-order valence-corrected chi connectivity index (χ2v) is 7.02. The van der Waals surface area contributed by atoms with Crippen LogP contribution in [0.2, 0.25) is 0 Å². The van der Waals surface area contributed by atoms with Gasteiger partial charge in [-0.25, -0.2) is 0 Å². The zero-order chi connectivity index (χ0) is 12.6. The quantitative estimate of drug-likeness (QED) is 0.716. The molecule has 1 aromatic carbocycles. The van der Waals surface area contributed by atoms with E-state index in [2.05, 4.69) is 34.1 Å².